The van der Waals surface area contributed by atoms with E-state index < -0.39 is 22.3 Å². The van der Waals surface area contributed by atoms with Crippen molar-refractivity contribution >= 4 is 16.4 Å². The molecule has 0 aliphatic rings. The molecule has 1 aromatic rings. The average molecular weight is 316 g/mol. The maximum atomic E-state index is 12.2. The van der Waals surface area contributed by atoms with Gasteiger partial charge in [-0.3, -0.25) is 4.18 Å². The van der Waals surface area contributed by atoms with Gasteiger partial charge in [0, 0.05) is 20.6 Å². The van der Waals surface area contributed by atoms with Crippen molar-refractivity contribution in [1.29, 1.82) is 0 Å². The van der Waals surface area contributed by atoms with Crippen LogP contribution < -0.4 is 0 Å². The standard InChI is InChI=1S/C14H20O6S/c1-11-4-6-12(7-5-11)21(16,17)20-14(10-18-2)13(19-3)8-9-15/h4-7,9,13-14H,8,10H2,1-3H3. The van der Waals surface area contributed by atoms with Crippen LogP contribution in [0.3, 0.4) is 0 Å². The number of hydrogen-bond donors (Lipinski definition) is 0. The molecule has 0 saturated heterocycles. The van der Waals surface area contributed by atoms with Gasteiger partial charge in [0.25, 0.3) is 10.1 Å². The quantitative estimate of drug-likeness (QED) is 0.505. The lowest BCUT2D eigenvalue weighted by atomic mass is 10.1. The summed E-state index contributed by atoms with van der Waals surface area (Å²) in [5, 5.41) is 0. The number of aldehydes is 1. The molecule has 0 radical (unpaired) electrons. The fourth-order valence-corrected chi connectivity index (χ4v) is 2.86. The van der Waals surface area contributed by atoms with Crippen LogP contribution in [0, 0.1) is 6.92 Å². The van der Waals surface area contributed by atoms with Crippen LogP contribution >= 0.6 is 0 Å². The molecule has 2 atom stereocenters. The van der Waals surface area contributed by atoms with E-state index in [-0.39, 0.29) is 17.9 Å². The fourth-order valence-electron chi connectivity index (χ4n) is 1.78. The zero-order chi connectivity index (χ0) is 15.9. The van der Waals surface area contributed by atoms with E-state index in [9.17, 15) is 13.2 Å². The number of methoxy groups -OCH3 is 2. The zero-order valence-electron chi connectivity index (χ0n) is 12.3. The minimum atomic E-state index is -3.95. The Labute approximate surface area is 125 Å². The highest BCUT2D eigenvalue weighted by molar-refractivity contribution is 7.86. The number of carbonyl (C=O) groups excluding carboxylic acids is 1. The van der Waals surface area contributed by atoms with Gasteiger partial charge in [0.15, 0.2) is 0 Å². The average Bonchev–Trinajstić information content (AvgIpc) is 2.44. The molecule has 7 heteroatoms. The third-order valence-corrected chi connectivity index (χ3v) is 4.29. The predicted molar refractivity (Wildman–Crippen MR) is 76.6 cm³/mol. The Bertz CT molecular complexity index is 537. The monoisotopic (exact) mass is 316 g/mol. The van der Waals surface area contributed by atoms with Crippen LogP contribution in [0.25, 0.3) is 0 Å². The molecule has 0 bridgehead atoms. The molecule has 0 aromatic heterocycles. The van der Waals surface area contributed by atoms with Gasteiger partial charge in [-0.15, -0.1) is 0 Å². The molecule has 21 heavy (non-hydrogen) atoms. The first-order valence-electron chi connectivity index (χ1n) is 6.40. The lowest BCUT2D eigenvalue weighted by Gasteiger charge is -2.23. The number of hydrogen-bond acceptors (Lipinski definition) is 6. The fraction of sp³-hybridized carbons (Fsp3) is 0.500. The Balaban J connectivity index is 2.95. The maximum Gasteiger partial charge on any atom is 0.297 e. The van der Waals surface area contributed by atoms with Gasteiger partial charge in [-0.25, -0.2) is 0 Å². The third-order valence-electron chi connectivity index (χ3n) is 2.94. The molecule has 0 aliphatic carbocycles. The lowest BCUT2D eigenvalue weighted by molar-refractivity contribution is -0.112. The highest BCUT2D eigenvalue weighted by Gasteiger charge is 2.28. The van der Waals surface area contributed by atoms with Gasteiger partial charge in [0.1, 0.15) is 12.4 Å². The van der Waals surface area contributed by atoms with Gasteiger partial charge < -0.3 is 14.3 Å². The van der Waals surface area contributed by atoms with Crippen molar-refractivity contribution in [1.82, 2.24) is 0 Å². The van der Waals surface area contributed by atoms with Crippen LogP contribution in [0.2, 0.25) is 0 Å². The molecule has 118 valence electrons. The van der Waals surface area contributed by atoms with E-state index in [1.54, 1.807) is 12.1 Å². The van der Waals surface area contributed by atoms with Crippen molar-refractivity contribution in [3.63, 3.8) is 0 Å². The first-order chi connectivity index (χ1) is 9.94. The van der Waals surface area contributed by atoms with E-state index in [2.05, 4.69) is 0 Å². The molecule has 0 spiro atoms. The molecular weight excluding hydrogens is 296 g/mol. The Morgan fingerprint density at radius 1 is 1.14 bits per heavy atom. The van der Waals surface area contributed by atoms with Crippen LogP contribution in [0.1, 0.15) is 12.0 Å². The van der Waals surface area contributed by atoms with Crippen LogP contribution in [-0.4, -0.2) is 47.7 Å². The number of carbonyl (C=O) groups is 1. The second-order valence-corrected chi connectivity index (χ2v) is 6.11. The van der Waals surface area contributed by atoms with E-state index in [0.29, 0.717) is 6.29 Å². The van der Waals surface area contributed by atoms with Gasteiger partial charge in [0.2, 0.25) is 0 Å². The van der Waals surface area contributed by atoms with E-state index in [4.69, 9.17) is 13.7 Å². The van der Waals surface area contributed by atoms with Gasteiger partial charge >= 0.3 is 0 Å². The number of benzene rings is 1. The molecule has 0 aliphatic heterocycles. The predicted octanol–water partition coefficient (Wildman–Crippen LogP) is 1.32. The van der Waals surface area contributed by atoms with Crippen LogP contribution in [-0.2, 0) is 28.6 Å². The first kappa shape index (κ1) is 17.8. The molecule has 0 heterocycles. The summed E-state index contributed by atoms with van der Waals surface area (Å²) in [5.74, 6) is 0. The smallest absolute Gasteiger partial charge is 0.297 e. The molecule has 2 unspecified atom stereocenters. The van der Waals surface area contributed by atoms with Gasteiger partial charge in [0.05, 0.1) is 17.6 Å². The number of aryl methyl sites for hydroxylation is 1. The summed E-state index contributed by atoms with van der Waals surface area (Å²) in [7, 11) is -1.14. The molecule has 1 aromatic carbocycles. The molecule has 0 amide bonds. The SMILES string of the molecule is COCC(OS(=O)(=O)c1ccc(C)cc1)C(CC=O)OC. The summed E-state index contributed by atoms with van der Waals surface area (Å²) in [6, 6.07) is 6.30. The van der Waals surface area contributed by atoms with Crippen molar-refractivity contribution < 1.29 is 26.9 Å². The summed E-state index contributed by atoms with van der Waals surface area (Å²) in [5.41, 5.74) is 0.943. The summed E-state index contributed by atoms with van der Waals surface area (Å²) in [6.45, 7) is 1.85. The van der Waals surface area contributed by atoms with E-state index in [1.807, 2.05) is 6.92 Å². The molecule has 0 N–H and O–H groups in total. The van der Waals surface area contributed by atoms with Gasteiger partial charge in [-0.1, -0.05) is 17.7 Å². The number of rotatable bonds is 9. The second kappa shape index (κ2) is 8.23. The number of ether oxygens (including phenoxy) is 2. The summed E-state index contributed by atoms with van der Waals surface area (Å²) >= 11 is 0. The minimum Gasteiger partial charge on any atom is -0.382 e. The zero-order valence-corrected chi connectivity index (χ0v) is 13.1. The van der Waals surface area contributed by atoms with Crippen molar-refractivity contribution in [3.8, 4) is 0 Å². The lowest BCUT2D eigenvalue weighted by Crippen LogP contribution is -2.36. The highest BCUT2D eigenvalue weighted by atomic mass is 32.2. The molecule has 1 rings (SSSR count). The van der Waals surface area contributed by atoms with Crippen LogP contribution in [0.15, 0.2) is 29.2 Å². The van der Waals surface area contributed by atoms with E-state index in [0.717, 1.165) is 5.56 Å². The minimum absolute atomic E-state index is 0.00254. The van der Waals surface area contributed by atoms with Gasteiger partial charge in [-0.05, 0) is 19.1 Å². The van der Waals surface area contributed by atoms with Crippen molar-refractivity contribution in [2.24, 2.45) is 0 Å². The Hall–Kier alpha value is -1.28. The van der Waals surface area contributed by atoms with Crippen LogP contribution in [0.4, 0.5) is 0 Å². The van der Waals surface area contributed by atoms with Crippen LogP contribution in [0.5, 0.6) is 0 Å². The Morgan fingerprint density at radius 2 is 1.76 bits per heavy atom. The largest absolute Gasteiger partial charge is 0.382 e. The molecule has 0 saturated carbocycles. The summed E-state index contributed by atoms with van der Waals surface area (Å²) in [6.07, 6.45) is -0.911. The maximum absolute atomic E-state index is 12.2. The van der Waals surface area contributed by atoms with Crippen molar-refractivity contribution in [2.45, 2.75) is 30.4 Å². The normalized spacial score (nSPS) is 14.6. The van der Waals surface area contributed by atoms with E-state index >= 15 is 0 Å². The molecule has 6 nitrogen and oxygen atoms in total. The van der Waals surface area contributed by atoms with Gasteiger partial charge in [-0.2, -0.15) is 8.42 Å². The first-order valence-corrected chi connectivity index (χ1v) is 7.80. The second-order valence-electron chi connectivity index (χ2n) is 4.53. The van der Waals surface area contributed by atoms with Crippen molar-refractivity contribution in [3.05, 3.63) is 29.8 Å². The third kappa shape index (κ3) is 5.20. The molecular formula is C14H20O6S. The highest BCUT2D eigenvalue weighted by Crippen LogP contribution is 2.18. The Kier molecular flexibility index (Phi) is 6.97. The topological polar surface area (TPSA) is 78.9 Å². The Morgan fingerprint density at radius 3 is 2.24 bits per heavy atom. The summed E-state index contributed by atoms with van der Waals surface area (Å²) < 4.78 is 39.7. The molecule has 0 fully saturated rings. The van der Waals surface area contributed by atoms with Crippen molar-refractivity contribution in [2.75, 3.05) is 20.8 Å². The summed E-state index contributed by atoms with van der Waals surface area (Å²) in [4.78, 5) is 10.7. The van der Waals surface area contributed by atoms with E-state index in [1.165, 1.54) is 26.4 Å².